The molecule has 4 aliphatic heterocycles. The molecule has 10 heteroatoms. The molecular weight excluding hydrogens is 823 g/mol. The van der Waals surface area contributed by atoms with Crippen molar-refractivity contribution in [1.82, 2.24) is 0 Å². The maximum atomic E-state index is 15.7. The molecule has 4 unspecified atom stereocenters. The zero-order chi connectivity index (χ0) is 42.1. The second kappa shape index (κ2) is 14.8. The minimum atomic E-state index is -3.61. The van der Waals surface area contributed by atoms with Gasteiger partial charge in [-0.2, -0.15) is 0 Å². The Morgan fingerprint density at radius 2 is 0.746 bits per heavy atom. The van der Waals surface area contributed by atoms with Gasteiger partial charge in [0.25, 0.3) is 0 Å². The first-order valence-electron chi connectivity index (χ1n) is 21.1. The largest absolute Gasteiger partial charge is 0.473 e. The maximum Gasteiger partial charge on any atom is 0.304 e. The van der Waals surface area contributed by atoms with Crippen LogP contribution in [-0.2, 0) is 15.6 Å². The van der Waals surface area contributed by atoms with Crippen LogP contribution in [0.2, 0.25) is 0 Å². The van der Waals surface area contributed by atoms with Crippen LogP contribution in [0.5, 0.6) is 23.0 Å². The van der Waals surface area contributed by atoms with E-state index in [1.54, 1.807) is 0 Å². The van der Waals surface area contributed by atoms with Crippen molar-refractivity contribution in [2.24, 2.45) is 0 Å². The Kier molecular flexibility index (Phi) is 8.89. The SMILES string of the molecule is O=P1(C2c3ccccc3OCN2c2ccc(Cc3ccc(N4COc5ccccc5C4P4(=O)Oc5ccccc5-c5ccccc54)cc3)cc2)Oc2ccccc2-c2ccccc21. The van der Waals surface area contributed by atoms with Gasteiger partial charge in [-0.1, -0.05) is 133 Å². The number of hydrogen-bond donors (Lipinski definition) is 0. The molecule has 0 aliphatic carbocycles. The van der Waals surface area contributed by atoms with Gasteiger partial charge in [0.15, 0.2) is 25.0 Å². The molecule has 63 heavy (non-hydrogen) atoms. The number of rotatable bonds is 6. The fraction of sp³-hybridized carbons (Fsp3) is 0.0943. The van der Waals surface area contributed by atoms with Crippen LogP contribution in [0.3, 0.4) is 0 Å². The Morgan fingerprint density at radius 1 is 0.397 bits per heavy atom. The van der Waals surface area contributed by atoms with Gasteiger partial charge in [-0.05, 0) is 89.3 Å². The van der Waals surface area contributed by atoms with Crippen LogP contribution < -0.4 is 38.9 Å². The van der Waals surface area contributed by atoms with E-state index in [0.29, 0.717) is 40.0 Å². The molecule has 0 N–H and O–H groups in total. The number of benzene rings is 8. The lowest BCUT2D eigenvalue weighted by atomic mass is 10.0. The number of fused-ring (bicyclic) bond motifs is 8. The lowest BCUT2D eigenvalue weighted by Crippen LogP contribution is -2.40. The first-order chi connectivity index (χ1) is 31.0. The van der Waals surface area contributed by atoms with Crippen molar-refractivity contribution in [2.75, 3.05) is 23.3 Å². The predicted octanol–water partition coefficient (Wildman–Crippen LogP) is 12.3. The highest BCUT2D eigenvalue weighted by atomic mass is 31.2. The van der Waals surface area contributed by atoms with Crippen LogP contribution in [0, 0.1) is 0 Å². The minimum absolute atomic E-state index is 0.210. The number of para-hydroxylation sites is 4. The molecule has 0 fully saturated rings. The highest BCUT2D eigenvalue weighted by Crippen LogP contribution is 2.68. The van der Waals surface area contributed by atoms with E-state index >= 15 is 9.13 Å². The molecule has 8 aromatic rings. The van der Waals surface area contributed by atoms with Crippen molar-refractivity contribution in [3.05, 3.63) is 216 Å². The molecule has 0 bridgehead atoms. The molecule has 0 spiro atoms. The Balaban J connectivity index is 0.844. The van der Waals surface area contributed by atoms with E-state index in [4.69, 9.17) is 18.5 Å². The number of anilines is 2. The standard InChI is InChI=1S/C53H40N2O6P2/c56-62(50-23-11-5-15-42(50)40-13-1-9-21-48(40)60-62)52-44-17-3-7-19-46(44)58-34-54(52)38-29-25-36(26-30-38)33-37-27-31-39(32-28-37)55-35-59-47-20-8-4-18-45(47)53(55)63(57)51-24-12-6-16-43(51)41-14-2-10-22-49(41)61-63/h1-32,52-53H,33-35H2. The highest BCUT2D eigenvalue weighted by molar-refractivity contribution is 7.68. The van der Waals surface area contributed by atoms with Gasteiger partial charge in [0.2, 0.25) is 0 Å². The average molecular weight is 863 g/mol. The van der Waals surface area contributed by atoms with Crippen LogP contribution in [0.25, 0.3) is 22.3 Å². The van der Waals surface area contributed by atoms with E-state index in [1.165, 1.54) is 0 Å². The van der Waals surface area contributed by atoms with Crippen molar-refractivity contribution in [3.8, 4) is 45.3 Å². The van der Waals surface area contributed by atoms with E-state index in [1.807, 2.05) is 146 Å². The molecule has 4 atom stereocenters. The molecule has 0 amide bonds. The second-order valence-electron chi connectivity index (χ2n) is 16.2. The quantitative estimate of drug-likeness (QED) is 0.153. The third-order valence-corrected chi connectivity index (χ3v) is 18.1. The monoisotopic (exact) mass is 862 g/mol. The van der Waals surface area contributed by atoms with Gasteiger partial charge in [-0.15, -0.1) is 0 Å². The normalized spacial score (nSPS) is 21.3. The summed E-state index contributed by atoms with van der Waals surface area (Å²) in [6, 6.07) is 63.9. The minimum Gasteiger partial charge on any atom is -0.473 e. The Labute approximate surface area is 365 Å². The molecule has 0 radical (unpaired) electrons. The van der Waals surface area contributed by atoms with Crippen molar-refractivity contribution >= 4 is 36.7 Å². The van der Waals surface area contributed by atoms with E-state index in [2.05, 4.69) is 58.3 Å². The smallest absolute Gasteiger partial charge is 0.304 e. The van der Waals surface area contributed by atoms with E-state index in [0.717, 1.165) is 55.9 Å². The first kappa shape index (κ1) is 37.8. The summed E-state index contributed by atoms with van der Waals surface area (Å²) >= 11 is 0. The van der Waals surface area contributed by atoms with Gasteiger partial charge in [-0.3, -0.25) is 9.13 Å². The van der Waals surface area contributed by atoms with Crippen LogP contribution >= 0.6 is 14.7 Å². The summed E-state index contributed by atoms with van der Waals surface area (Å²) in [5.74, 6) is 1.39. The Morgan fingerprint density at radius 3 is 1.17 bits per heavy atom. The average Bonchev–Trinajstić information content (AvgIpc) is 3.34. The lowest BCUT2D eigenvalue weighted by molar-refractivity contribution is 0.281. The fourth-order valence-corrected chi connectivity index (χ4v) is 15.4. The van der Waals surface area contributed by atoms with Gasteiger partial charge in [0.1, 0.15) is 23.0 Å². The molecule has 4 aliphatic rings. The van der Waals surface area contributed by atoms with Gasteiger partial charge < -0.3 is 28.3 Å². The number of nitrogens with zero attached hydrogens (tertiary/aromatic N) is 2. The van der Waals surface area contributed by atoms with Crippen LogP contribution in [0.4, 0.5) is 11.4 Å². The number of ether oxygens (including phenoxy) is 2. The van der Waals surface area contributed by atoms with Crippen LogP contribution in [0.15, 0.2) is 194 Å². The van der Waals surface area contributed by atoms with Gasteiger partial charge >= 0.3 is 14.7 Å². The van der Waals surface area contributed by atoms with Crippen molar-refractivity contribution < 1.29 is 27.7 Å². The molecule has 8 aromatic carbocycles. The molecule has 8 nitrogen and oxygen atoms in total. The van der Waals surface area contributed by atoms with Crippen molar-refractivity contribution in [2.45, 2.75) is 18.0 Å². The molecule has 0 saturated heterocycles. The summed E-state index contributed by atoms with van der Waals surface area (Å²) in [5.41, 5.74) is 9.35. The van der Waals surface area contributed by atoms with Gasteiger partial charge in [-0.25, -0.2) is 0 Å². The third-order valence-electron chi connectivity index (χ3n) is 12.6. The fourth-order valence-electron chi connectivity index (χ4n) is 9.65. The van der Waals surface area contributed by atoms with Crippen LogP contribution in [-0.4, -0.2) is 13.5 Å². The number of hydrogen-bond acceptors (Lipinski definition) is 8. The predicted molar refractivity (Wildman–Crippen MR) is 249 cm³/mol. The summed E-state index contributed by atoms with van der Waals surface area (Å²) in [4.78, 5) is 4.14. The Bertz CT molecular complexity index is 2960. The third kappa shape index (κ3) is 6.12. The van der Waals surface area contributed by atoms with Crippen molar-refractivity contribution in [1.29, 1.82) is 0 Å². The van der Waals surface area contributed by atoms with Gasteiger partial charge in [0, 0.05) is 33.6 Å². The molecule has 0 aromatic heterocycles. The van der Waals surface area contributed by atoms with Crippen LogP contribution in [0.1, 0.15) is 33.8 Å². The van der Waals surface area contributed by atoms with E-state index in [-0.39, 0.29) is 13.5 Å². The van der Waals surface area contributed by atoms with Gasteiger partial charge in [0.05, 0.1) is 10.6 Å². The zero-order valence-corrected chi connectivity index (χ0v) is 35.8. The molecule has 4 heterocycles. The summed E-state index contributed by atoms with van der Waals surface area (Å²) < 4.78 is 57.4. The lowest BCUT2D eigenvalue weighted by Gasteiger charge is -2.43. The van der Waals surface area contributed by atoms with Crippen molar-refractivity contribution in [3.63, 3.8) is 0 Å². The summed E-state index contributed by atoms with van der Waals surface area (Å²) in [5, 5.41) is 1.41. The van der Waals surface area contributed by atoms with E-state index < -0.39 is 26.3 Å². The molecule has 0 saturated carbocycles. The molecule has 12 rings (SSSR count). The molecule has 308 valence electrons. The van der Waals surface area contributed by atoms with E-state index in [9.17, 15) is 0 Å². The first-order valence-corrected chi connectivity index (χ1v) is 24.5. The Hall–Kier alpha value is -6.98. The highest BCUT2D eigenvalue weighted by Gasteiger charge is 2.51. The zero-order valence-electron chi connectivity index (χ0n) is 34.0. The maximum absolute atomic E-state index is 15.7. The molecular formula is C53H40N2O6P2. The summed E-state index contributed by atoms with van der Waals surface area (Å²) in [7, 11) is -7.21. The second-order valence-corrected chi connectivity index (χ2v) is 20.9. The summed E-state index contributed by atoms with van der Waals surface area (Å²) in [6.07, 6.45) is 0.684. The topological polar surface area (TPSA) is 77.5 Å². The summed E-state index contributed by atoms with van der Waals surface area (Å²) in [6.45, 7) is 0.419.